The van der Waals surface area contributed by atoms with Crippen molar-refractivity contribution in [1.29, 1.82) is 0 Å². The third kappa shape index (κ3) is 5.48. The highest BCUT2D eigenvalue weighted by molar-refractivity contribution is 5.95. The highest BCUT2D eigenvalue weighted by atomic mass is 19.1. The van der Waals surface area contributed by atoms with Crippen molar-refractivity contribution in [3.05, 3.63) is 65.5 Å². The number of carbonyl (C=O) groups is 3. The molecule has 6 nitrogen and oxygen atoms in total. The van der Waals surface area contributed by atoms with Gasteiger partial charge in [0.1, 0.15) is 5.82 Å². The van der Waals surface area contributed by atoms with Gasteiger partial charge in [0, 0.05) is 5.69 Å². The average molecular weight is 426 g/mol. The van der Waals surface area contributed by atoms with Gasteiger partial charge in [0.2, 0.25) is 5.91 Å². The van der Waals surface area contributed by atoms with Gasteiger partial charge in [0.05, 0.1) is 12.0 Å². The van der Waals surface area contributed by atoms with E-state index in [0.29, 0.717) is 24.1 Å². The SMILES string of the molecule is CCc1ccccc1NC(=O)CNC(=O)COC(=O)C1(c2ccc(F)cc2)CCCC1. The number of amides is 2. The summed E-state index contributed by atoms with van der Waals surface area (Å²) in [5, 5.41) is 5.23. The van der Waals surface area contributed by atoms with Gasteiger partial charge >= 0.3 is 5.97 Å². The van der Waals surface area contributed by atoms with Gasteiger partial charge in [-0.2, -0.15) is 0 Å². The van der Waals surface area contributed by atoms with Crippen molar-refractivity contribution < 1.29 is 23.5 Å². The summed E-state index contributed by atoms with van der Waals surface area (Å²) >= 11 is 0. The number of anilines is 1. The molecular weight excluding hydrogens is 399 g/mol. The number of carbonyl (C=O) groups excluding carboxylic acids is 3. The summed E-state index contributed by atoms with van der Waals surface area (Å²) in [6.07, 6.45) is 3.68. The minimum Gasteiger partial charge on any atom is -0.455 e. The monoisotopic (exact) mass is 426 g/mol. The van der Waals surface area contributed by atoms with Crippen LogP contribution < -0.4 is 10.6 Å². The highest BCUT2D eigenvalue weighted by Gasteiger charge is 2.44. The van der Waals surface area contributed by atoms with Crippen molar-refractivity contribution in [2.75, 3.05) is 18.5 Å². The van der Waals surface area contributed by atoms with E-state index in [2.05, 4.69) is 10.6 Å². The summed E-state index contributed by atoms with van der Waals surface area (Å²) in [7, 11) is 0. The first-order valence-electron chi connectivity index (χ1n) is 10.5. The van der Waals surface area contributed by atoms with Crippen LogP contribution in [0.3, 0.4) is 0 Å². The van der Waals surface area contributed by atoms with Crippen LogP contribution in [0.25, 0.3) is 0 Å². The summed E-state index contributed by atoms with van der Waals surface area (Å²) in [5.74, 6) is -1.78. The van der Waals surface area contributed by atoms with Crippen LogP contribution in [0.4, 0.5) is 10.1 Å². The summed E-state index contributed by atoms with van der Waals surface area (Å²) in [4.78, 5) is 37.1. The Morgan fingerprint density at radius 2 is 1.68 bits per heavy atom. The molecule has 0 aromatic heterocycles. The van der Waals surface area contributed by atoms with Gasteiger partial charge in [0.15, 0.2) is 6.61 Å². The van der Waals surface area contributed by atoms with E-state index in [9.17, 15) is 18.8 Å². The van der Waals surface area contributed by atoms with Gasteiger partial charge in [0.25, 0.3) is 5.91 Å². The summed E-state index contributed by atoms with van der Waals surface area (Å²) in [6, 6.07) is 13.3. The number of halogens is 1. The Balaban J connectivity index is 1.51. The molecule has 1 fully saturated rings. The van der Waals surface area contributed by atoms with Crippen LogP contribution in [0.15, 0.2) is 48.5 Å². The maximum absolute atomic E-state index is 13.3. The second-order valence-electron chi connectivity index (χ2n) is 7.71. The summed E-state index contributed by atoms with van der Waals surface area (Å²) < 4.78 is 18.6. The minimum absolute atomic E-state index is 0.225. The molecule has 31 heavy (non-hydrogen) atoms. The fourth-order valence-corrected chi connectivity index (χ4v) is 4.00. The molecule has 0 aliphatic heterocycles. The van der Waals surface area contributed by atoms with Gasteiger partial charge in [-0.1, -0.05) is 50.1 Å². The molecule has 0 saturated heterocycles. The molecule has 1 saturated carbocycles. The molecule has 2 N–H and O–H groups in total. The number of hydrogen-bond acceptors (Lipinski definition) is 4. The molecule has 1 aliphatic carbocycles. The number of aryl methyl sites for hydroxylation is 1. The number of benzene rings is 2. The van der Waals surface area contributed by atoms with Gasteiger partial charge < -0.3 is 15.4 Å². The molecule has 2 aromatic carbocycles. The predicted molar refractivity (Wildman–Crippen MR) is 115 cm³/mol. The van der Waals surface area contributed by atoms with Crippen LogP contribution in [-0.4, -0.2) is 30.9 Å². The molecule has 1 aliphatic rings. The van der Waals surface area contributed by atoms with Crippen molar-refractivity contribution in [2.45, 2.75) is 44.4 Å². The van der Waals surface area contributed by atoms with Crippen LogP contribution in [0.1, 0.15) is 43.7 Å². The van der Waals surface area contributed by atoms with E-state index in [4.69, 9.17) is 4.74 Å². The van der Waals surface area contributed by atoms with E-state index in [1.165, 1.54) is 12.1 Å². The van der Waals surface area contributed by atoms with Crippen molar-refractivity contribution in [3.8, 4) is 0 Å². The normalized spacial score (nSPS) is 14.6. The van der Waals surface area contributed by atoms with E-state index >= 15 is 0 Å². The van der Waals surface area contributed by atoms with E-state index in [1.54, 1.807) is 18.2 Å². The van der Waals surface area contributed by atoms with Gasteiger partial charge in [-0.05, 0) is 48.6 Å². The standard InChI is InChI=1S/C24H27FN2O4/c1-2-17-7-3-4-8-20(17)27-21(28)15-26-22(29)16-31-23(30)24(13-5-6-14-24)18-9-11-19(25)12-10-18/h3-4,7-12H,2,5-6,13-16H2,1H3,(H,26,29)(H,27,28). The molecule has 2 amide bonds. The molecule has 0 heterocycles. The number of nitrogens with one attached hydrogen (secondary N) is 2. The Bertz CT molecular complexity index is 937. The van der Waals surface area contributed by atoms with E-state index in [-0.39, 0.29) is 18.3 Å². The number of esters is 1. The zero-order chi connectivity index (χ0) is 22.3. The molecule has 0 radical (unpaired) electrons. The van der Waals surface area contributed by atoms with Crippen molar-refractivity contribution >= 4 is 23.5 Å². The van der Waals surface area contributed by atoms with E-state index in [1.807, 2.05) is 25.1 Å². The Kier molecular flexibility index (Phi) is 7.39. The molecule has 0 bridgehead atoms. The smallest absolute Gasteiger partial charge is 0.317 e. The fraction of sp³-hybridized carbons (Fsp3) is 0.375. The van der Waals surface area contributed by atoms with Crippen molar-refractivity contribution in [1.82, 2.24) is 5.32 Å². The third-order valence-corrected chi connectivity index (χ3v) is 5.70. The van der Waals surface area contributed by atoms with Crippen LogP contribution in [0.5, 0.6) is 0 Å². The topological polar surface area (TPSA) is 84.5 Å². The van der Waals surface area contributed by atoms with Gasteiger partial charge in [-0.25, -0.2) is 4.39 Å². The number of rotatable bonds is 8. The highest BCUT2D eigenvalue weighted by Crippen LogP contribution is 2.42. The molecule has 0 unspecified atom stereocenters. The molecule has 164 valence electrons. The number of hydrogen-bond donors (Lipinski definition) is 2. The Morgan fingerprint density at radius 3 is 2.35 bits per heavy atom. The first-order valence-corrected chi connectivity index (χ1v) is 10.5. The molecule has 2 aromatic rings. The van der Waals surface area contributed by atoms with Crippen molar-refractivity contribution in [2.24, 2.45) is 0 Å². The molecule has 0 atom stereocenters. The van der Waals surface area contributed by atoms with Crippen LogP contribution in [0.2, 0.25) is 0 Å². The largest absolute Gasteiger partial charge is 0.455 e. The van der Waals surface area contributed by atoms with E-state index < -0.39 is 23.9 Å². The summed E-state index contributed by atoms with van der Waals surface area (Å²) in [5.41, 5.74) is 1.55. The molecular formula is C24H27FN2O4. The Labute approximate surface area is 181 Å². The number of para-hydroxylation sites is 1. The van der Waals surface area contributed by atoms with Crippen molar-refractivity contribution in [3.63, 3.8) is 0 Å². The second kappa shape index (κ2) is 10.2. The third-order valence-electron chi connectivity index (χ3n) is 5.70. The molecule has 0 spiro atoms. The lowest BCUT2D eigenvalue weighted by molar-refractivity contribution is -0.154. The summed E-state index contributed by atoms with van der Waals surface area (Å²) in [6.45, 7) is 1.29. The van der Waals surface area contributed by atoms with Gasteiger partial charge in [-0.3, -0.25) is 14.4 Å². The Morgan fingerprint density at radius 1 is 1.00 bits per heavy atom. The fourth-order valence-electron chi connectivity index (χ4n) is 4.00. The first kappa shape index (κ1) is 22.5. The van der Waals surface area contributed by atoms with E-state index in [0.717, 1.165) is 24.8 Å². The van der Waals surface area contributed by atoms with Crippen LogP contribution >= 0.6 is 0 Å². The maximum Gasteiger partial charge on any atom is 0.317 e. The first-order chi connectivity index (χ1) is 14.9. The molecule has 7 heteroatoms. The lowest BCUT2D eigenvalue weighted by Gasteiger charge is -2.27. The average Bonchev–Trinajstić information content (AvgIpc) is 3.28. The quantitative estimate of drug-likeness (QED) is 0.633. The zero-order valence-electron chi connectivity index (χ0n) is 17.6. The molecule has 3 rings (SSSR count). The maximum atomic E-state index is 13.3. The lowest BCUT2D eigenvalue weighted by Crippen LogP contribution is -2.39. The van der Waals surface area contributed by atoms with Crippen LogP contribution in [-0.2, 0) is 31.0 Å². The zero-order valence-corrected chi connectivity index (χ0v) is 17.6. The van der Waals surface area contributed by atoms with Crippen LogP contribution in [0, 0.1) is 5.82 Å². The lowest BCUT2D eigenvalue weighted by atomic mass is 9.79. The second-order valence-corrected chi connectivity index (χ2v) is 7.71. The Hall–Kier alpha value is -3.22. The predicted octanol–water partition coefficient (Wildman–Crippen LogP) is 3.50. The van der Waals surface area contributed by atoms with Gasteiger partial charge in [-0.15, -0.1) is 0 Å². The minimum atomic E-state index is -0.852. The number of ether oxygens (including phenoxy) is 1.